The van der Waals surface area contributed by atoms with Gasteiger partial charge in [-0.05, 0) is 57.9 Å². The van der Waals surface area contributed by atoms with E-state index >= 15 is 0 Å². The molecular weight excluding hydrogens is 238 g/mol. The average Bonchev–Trinajstić information content (AvgIpc) is 2.94. The van der Waals surface area contributed by atoms with Crippen LogP contribution in [0.3, 0.4) is 0 Å². The highest BCUT2D eigenvalue weighted by Gasteiger charge is 2.17. The number of rotatable bonds is 6. The Bertz CT molecular complexity index is 408. The van der Waals surface area contributed by atoms with Gasteiger partial charge in [0, 0.05) is 25.4 Å². The molecule has 2 heterocycles. The molecule has 1 saturated heterocycles. The SMILES string of the molecule is Cc1nn(C)c(C)c1CC(N)CCCC1CCCO1. The van der Waals surface area contributed by atoms with Crippen molar-refractivity contribution in [3.8, 4) is 0 Å². The van der Waals surface area contributed by atoms with Crippen LogP contribution in [-0.2, 0) is 18.2 Å². The molecule has 0 bridgehead atoms. The molecule has 0 amide bonds. The second kappa shape index (κ2) is 6.53. The molecule has 108 valence electrons. The lowest BCUT2D eigenvalue weighted by atomic mass is 9.99. The highest BCUT2D eigenvalue weighted by atomic mass is 16.5. The van der Waals surface area contributed by atoms with E-state index in [-0.39, 0.29) is 6.04 Å². The topological polar surface area (TPSA) is 53.1 Å². The second-order valence-electron chi connectivity index (χ2n) is 5.80. The Morgan fingerprint density at radius 2 is 2.26 bits per heavy atom. The monoisotopic (exact) mass is 265 g/mol. The molecule has 2 N–H and O–H groups in total. The summed E-state index contributed by atoms with van der Waals surface area (Å²) in [6.45, 7) is 5.14. The molecule has 1 aromatic rings. The number of hydrogen-bond donors (Lipinski definition) is 1. The molecule has 1 aliphatic rings. The summed E-state index contributed by atoms with van der Waals surface area (Å²) in [6.07, 6.45) is 7.31. The van der Waals surface area contributed by atoms with Gasteiger partial charge in [0.2, 0.25) is 0 Å². The van der Waals surface area contributed by atoms with Crippen LogP contribution in [0.5, 0.6) is 0 Å². The Kier molecular flexibility index (Phi) is 4.99. The van der Waals surface area contributed by atoms with Crippen LogP contribution in [0, 0.1) is 13.8 Å². The molecular formula is C15H27N3O. The minimum Gasteiger partial charge on any atom is -0.378 e. The van der Waals surface area contributed by atoms with Crippen molar-refractivity contribution in [2.45, 2.75) is 64.5 Å². The van der Waals surface area contributed by atoms with E-state index < -0.39 is 0 Å². The molecule has 4 heteroatoms. The molecule has 19 heavy (non-hydrogen) atoms. The molecule has 1 aliphatic heterocycles. The molecule has 2 unspecified atom stereocenters. The van der Waals surface area contributed by atoms with Gasteiger partial charge in [0.1, 0.15) is 0 Å². The van der Waals surface area contributed by atoms with Crippen molar-refractivity contribution in [3.63, 3.8) is 0 Å². The maximum atomic E-state index is 6.26. The minimum atomic E-state index is 0.239. The molecule has 0 radical (unpaired) electrons. The molecule has 2 atom stereocenters. The lowest BCUT2D eigenvalue weighted by Gasteiger charge is -2.14. The van der Waals surface area contributed by atoms with E-state index in [0.29, 0.717) is 6.10 Å². The summed E-state index contributed by atoms with van der Waals surface area (Å²) in [6, 6.07) is 0.239. The molecule has 0 aromatic carbocycles. The van der Waals surface area contributed by atoms with Gasteiger partial charge in [0.05, 0.1) is 11.8 Å². The summed E-state index contributed by atoms with van der Waals surface area (Å²) in [5.74, 6) is 0. The first-order valence-electron chi connectivity index (χ1n) is 7.44. The van der Waals surface area contributed by atoms with Crippen molar-refractivity contribution < 1.29 is 4.74 Å². The number of ether oxygens (including phenoxy) is 1. The van der Waals surface area contributed by atoms with Crippen LogP contribution in [0.4, 0.5) is 0 Å². The highest BCUT2D eigenvalue weighted by molar-refractivity contribution is 5.25. The van der Waals surface area contributed by atoms with E-state index in [2.05, 4.69) is 18.9 Å². The van der Waals surface area contributed by atoms with Gasteiger partial charge in [-0.1, -0.05) is 0 Å². The summed E-state index contributed by atoms with van der Waals surface area (Å²) < 4.78 is 7.59. The van der Waals surface area contributed by atoms with Gasteiger partial charge in [-0.15, -0.1) is 0 Å². The van der Waals surface area contributed by atoms with E-state index in [1.165, 1.54) is 36.9 Å². The number of nitrogens with zero attached hydrogens (tertiary/aromatic N) is 2. The molecule has 4 nitrogen and oxygen atoms in total. The normalized spacial score (nSPS) is 20.9. The number of hydrogen-bond acceptors (Lipinski definition) is 3. The van der Waals surface area contributed by atoms with Gasteiger partial charge in [-0.2, -0.15) is 5.10 Å². The molecule has 2 rings (SSSR count). The van der Waals surface area contributed by atoms with Crippen LogP contribution in [-0.4, -0.2) is 28.5 Å². The lowest BCUT2D eigenvalue weighted by Crippen LogP contribution is -2.23. The van der Waals surface area contributed by atoms with Crippen LogP contribution in [0.1, 0.15) is 49.1 Å². The van der Waals surface area contributed by atoms with Crippen LogP contribution >= 0.6 is 0 Å². The van der Waals surface area contributed by atoms with Gasteiger partial charge in [0.15, 0.2) is 0 Å². The fourth-order valence-electron chi connectivity index (χ4n) is 2.96. The summed E-state index contributed by atoms with van der Waals surface area (Å²) in [5, 5.41) is 4.45. The molecule has 1 aromatic heterocycles. The van der Waals surface area contributed by atoms with Gasteiger partial charge in [-0.3, -0.25) is 4.68 Å². The van der Waals surface area contributed by atoms with Crippen LogP contribution in [0.25, 0.3) is 0 Å². The number of aromatic nitrogens is 2. The quantitative estimate of drug-likeness (QED) is 0.858. The fourth-order valence-corrected chi connectivity index (χ4v) is 2.96. The largest absolute Gasteiger partial charge is 0.378 e. The third kappa shape index (κ3) is 3.80. The van der Waals surface area contributed by atoms with Crippen LogP contribution in [0.15, 0.2) is 0 Å². The Balaban J connectivity index is 1.75. The van der Waals surface area contributed by atoms with Gasteiger partial charge < -0.3 is 10.5 Å². The maximum Gasteiger partial charge on any atom is 0.0628 e. The molecule has 0 aliphatic carbocycles. The summed E-state index contributed by atoms with van der Waals surface area (Å²) in [4.78, 5) is 0. The predicted octanol–water partition coefficient (Wildman–Crippen LogP) is 2.26. The molecule has 1 fully saturated rings. The number of nitrogens with two attached hydrogens (primary N) is 1. The zero-order valence-corrected chi connectivity index (χ0v) is 12.5. The van der Waals surface area contributed by atoms with Gasteiger partial charge >= 0.3 is 0 Å². The Morgan fingerprint density at radius 3 is 2.84 bits per heavy atom. The lowest BCUT2D eigenvalue weighted by molar-refractivity contribution is 0.101. The van der Waals surface area contributed by atoms with Crippen molar-refractivity contribution in [1.29, 1.82) is 0 Å². The zero-order valence-electron chi connectivity index (χ0n) is 12.5. The third-order valence-corrected chi connectivity index (χ3v) is 4.25. The van der Waals surface area contributed by atoms with Crippen molar-refractivity contribution in [2.24, 2.45) is 12.8 Å². The van der Waals surface area contributed by atoms with E-state index in [0.717, 1.165) is 25.1 Å². The van der Waals surface area contributed by atoms with E-state index in [9.17, 15) is 0 Å². The zero-order chi connectivity index (χ0) is 13.8. The first-order valence-corrected chi connectivity index (χ1v) is 7.44. The maximum absolute atomic E-state index is 6.26. The van der Waals surface area contributed by atoms with Gasteiger partial charge in [-0.25, -0.2) is 0 Å². The Morgan fingerprint density at radius 1 is 1.47 bits per heavy atom. The Labute approximate surface area is 116 Å². The van der Waals surface area contributed by atoms with E-state index in [1.807, 2.05) is 11.7 Å². The van der Waals surface area contributed by atoms with Crippen molar-refractivity contribution in [2.75, 3.05) is 6.61 Å². The standard InChI is InChI=1S/C15H27N3O/c1-11-15(12(2)18(3)17-11)10-13(16)6-4-7-14-8-5-9-19-14/h13-14H,4-10,16H2,1-3H3. The molecule has 0 saturated carbocycles. The van der Waals surface area contributed by atoms with Crippen LogP contribution in [0.2, 0.25) is 0 Å². The minimum absolute atomic E-state index is 0.239. The predicted molar refractivity (Wildman–Crippen MR) is 77.2 cm³/mol. The van der Waals surface area contributed by atoms with Gasteiger partial charge in [0.25, 0.3) is 0 Å². The average molecular weight is 265 g/mol. The van der Waals surface area contributed by atoms with E-state index in [4.69, 9.17) is 10.5 Å². The van der Waals surface area contributed by atoms with Crippen LogP contribution < -0.4 is 5.73 Å². The summed E-state index contributed by atoms with van der Waals surface area (Å²) in [5.41, 5.74) is 9.95. The summed E-state index contributed by atoms with van der Waals surface area (Å²) >= 11 is 0. The van der Waals surface area contributed by atoms with Crippen molar-refractivity contribution in [1.82, 2.24) is 9.78 Å². The fraction of sp³-hybridized carbons (Fsp3) is 0.800. The first kappa shape index (κ1) is 14.5. The molecule has 0 spiro atoms. The third-order valence-electron chi connectivity index (χ3n) is 4.25. The second-order valence-corrected chi connectivity index (χ2v) is 5.80. The van der Waals surface area contributed by atoms with Crippen molar-refractivity contribution >= 4 is 0 Å². The van der Waals surface area contributed by atoms with Crippen molar-refractivity contribution in [3.05, 3.63) is 17.0 Å². The first-order chi connectivity index (χ1) is 9.08. The number of aryl methyl sites for hydroxylation is 2. The smallest absolute Gasteiger partial charge is 0.0628 e. The Hall–Kier alpha value is -0.870. The summed E-state index contributed by atoms with van der Waals surface area (Å²) in [7, 11) is 1.99. The highest BCUT2D eigenvalue weighted by Crippen LogP contribution is 2.19. The van der Waals surface area contributed by atoms with E-state index in [1.54, 1.807) is 0 Å².